The molecule has 212 valence electrons. The molecule has 5 rings (SSSR count). The molecule has 0 saturated carbocycles. The number of carbonyl (C=O) groups excluding carboxylic acids is 1. The van der Waals surface area contributed by atoms with Crippen molar-refractivity contribution in [2.45, 2.75) is 71.9 Å². The molecule has 40 heavy (non-hydrogen) atoms. The van der Waals surface area contributed by atoms with Gasteiger partial charge in [0.1, 0.15) is 5.75 Å². The van der Waals surface area contributed by atoms with E-state index in [0.717, 1.165) is 64.2 Å². The van der Waals surface area contributed by atoms with Gasteiger partial charge >= 0.3 is 0 Å². The molecule has 9 heteroatoms. The zero-order valence-corrected chi connectivity index (χ0v) is 25.0. The van der Waals surface area contributed by atoms with Crippen molar-refractivity contribution in [3.8, 4) is 5.75 Å². The highest BCUT2D eigenvalue weighted by Crippen LogP contribution is 2.40. The number of benzene rings is 1. The molecule has 0 saturated heterocycles. The van der Waals surface area contributed by atoms with Crippen LogP contribution in [0.1, 0.15) is 77.7 Å². The first-order valence-electron chi connectivity index (χ1n) is 13.3. The number of hydrogen-bond donors (Lipinski definition) is 1. The Kier molecular flexibility index (Phi) is 10.3. The van der Waals surface area contributed by atoms with Gasteiger partial charge in [0.15, 0.2) is 0 Å². The highest BCUT2D eigenvalue weighted by Gasteiger charge is 2.33. The fourth-order valence-electron chi connectivity index (χ4n) is 5.38. The number of aryl methyl sites for hydroxylation is 2. The number of hydrogen-bond acceptors (Lipinski definition) is 5. The van der Waals surface area contributed by atoms with Crippen molar-refractivity contribution in [3.05, 3.63) is 100 Å². The van der Waals surface area contributed by atoms with E-state index < -0.39 is 0 Å². The normalized spacial score (nSPS) is 14.2. The van der Waals surface area contributed by atoms with Crippen molar-refractivity contribution in [1.29, 1.82) is 0 Å². The van der Waals surface area contributed by atoms with Gasteiger partial charge in [0.2, 0.25) is 5.91 Å². The molecule has 1 aliphatic carbocycles. The highest BCUT2D eigenvalue weighted by molar-refractivity contribution is 5.98. The second kappa shape index (κ2) is 13.3. The second-order valence-electron chi connectivity index (χ2n) is 10.6. The second-order valence-corrected chi connectivity index (χ2v) is 10.6. The molecule has 3 heterocycles. The summed E-state index contributed by atoms with van der Waals surface area (Å²) < 4.78 is 1.86. The molecule has 1 amide bonds. The number of rotatable bonds is 7. The summed E-state index contributed by atoms with van der Waals surface area (Å²) in [4.78, 5) is 25.2. The Balaban J connectivity index is 0.00000220. The smallest absolute Gasteiger partial charge is 0.234 e. The number of phenolic OH excluding ortho intramolecular Hbond substituents is 1. The predicted octanol–water partition coefficient (Wildman–Crippen LogP) is 6.66. The summed E-state index contributed by atoms with van der Waals surface area (Å²) in [5.74, 6) is 0.287. The van der Waals surface area contributed by atoms with Crippen LogP contribution in [0.4, 0.5) is 5.69 Å². The molecule has 0 fully saturated rings. The minimum Gasteiger partial charge on any atom is -0.508 e. The van der Waals surface area contributed by atoms with Crippen LogP contribution in [0.2, 0.25) is 0 Å². The quantitative estimate of drug-likeness (QED) is 0.263. The summed E-state index contributed by atoms with van der Waals surface area (Å²) in [7, 11) is 0. The van der Waals surface area contributed by atoms with E-state index in [0.29, 0.717) is 19.0 Å². The number of phenols is 1. The van der Waals surface area contributed by atoms with Gasteiger partial charge in [-0.25, -0.2) is 0 Å². The molecular weight excluding hydrogens is 545 g/mol. The van der Waals surface area contributed by atoms with Crippen LogP contribution >= 0.6 is 24.8 Å². The summed E-state index contributed by atoms with van der Waals surface area (Å²) in [6, 6.07) is 11.7. The summed E-state index contributed by atoms with van der Waals surface area (Å²) in [5, 5.41) is 15.1. The lowest BCUT2D eigenvalue weighted by atomic mass is 9.79. The van der Waals surface area contributed by atoms with Gasteiger partial charge in [0, 0.05) is 23.7 Å². The number of anilines is 1. The molecule has 1 aromatic carbocycles. The lowest BCUT2D eigenvalue weighted by Gasteiger charge is -2.32. The van der Waals surface area contributed by atoms with Crippen LogP contribution in [0.3, 0.4) is 0 Å². The molecule has 7 nitrogen and oxygen atoms in total. The van der Waals surface area contributed by atoms with Gasteiger partial charge in [-0.1, -0.05) is 19.9 Å². The van der Waals surface area contributed by atoms with Crippen LogP contribution in [0.25, 0.3) is 0 Å². The van der Waals surface area contributed by atoms with E-state index in [2.05, 4.69) is 35.0 Å². The van der Waals surface area contributed by atoms with Gasteiger partial charge in [-0.15, -0.1) is 24.8 Å². The van der Waals surface area contributed by atoms with Crippen molar-refractivity contribution in [2.75, 3.05) is 4.90 Å². The van der Waals surface area contributed by atoms with E-state index in [9.17, 15) is 9.90 Å². The molecule has 1 atom stereocenters. The fourth-order valence-corrected chi connectivity index (χ4v) is 5.38. The van der Waals surface area contributed by atoms with Crippen molar-refractivity contribution >= 4 is 36.4 Å². The number of carbonyl (C=O) groups is 1. The summed E-state index contributed by atoms with van der Waals surface area (Å²) in [5.41, 5.74) is 7.70. The molecule has 0 aliphatic heterocycles. The van der Waals surface area contributed by atoms with E-state index in [1.165, 1.54) is 0 Å². The van der Waals surface area contributed by atoms with Crippen LogP contribution in [0.5, 0.6) is 5.75 Å². The van der Waals surface area contributed by atoms with E-state index in [1.54, 1.807) is 12.3 Å². The maximum atomic E-state index is 14.3. The third kappa shape index (κ3) is 6.65. The Morgan fingerprint density at radius 2 is 1.90 bits per heavy atom. The standard InChI is InChI=1S/C31H35N5O2.2ClH/c1-20(2)28-10-9-25(16-33-28)36(18-23-15-34-35(17-23)19-24-14-21(3)12-13-32-24)31(38)27-7-5-6-26-29(37)11-8-22(4)30(26)27;;/h8-17,20,27,37H,5-7,18-19H2,1-4H3;2*1H. The Morgan fingerprint density at radius 1 is 1.10 bits per heavy atom. The van der Waals surface area contributed by atoms with Gasteiger partial charge in [0.25, 0.3) is 0 Å². The molecule has 3 aromatic heterocycles. The van der Waals surface area contributed by atoms with Crippen LogP contribution < -0.4 is 4.90 Å². The van der Waals surface area contributed by atoms with Crippen molar-refractivity contribution in [1.82, 2.24) is 19.7 Å². The zero-order chi connectivity index (χ0) is 26.8. The SMILES string of the molecule is Cc1ccnc(Cn2cc(CN(C(=O)C3CCCc4c(O)ccc(C)c43)c3ccc(C(C)C)nc3)cn2)c1.Cl.Cl. The fraction of sp³-hybridized carbons (Fsp3) is 0.355. The number of pyridine rings is 2. The van der Waals surface area contributed by atoms with Crippen molar-refractivity contribution < 1.29 is 9.90 Å². The molecule has 0 spiro atoms. The van der Waals surface area contributed by atoms with Crippen LogP contribution in [-0.2, 0) is 24.3 Å². The lowest BCUT2D eigenvalue weighted by Crippen LogP contribution is -2.36. The first-order chi connectivity index (χ1) is 18.3. The number of amides is 1. The Bertz CT molecular complexity index is 1450. The predicted molar refractivity (Wildman–Crippen MR) is 163 cm³/mol. The average Bonchev–Trinajstić information content (AvgIpc) is 3.35. The molecule has 0 radical (unpaired) electrons. The minimum atomic E-state index is -0.317. The van der Waals surface area contributed by atoms with Gasteiger partial charge in [-0.3, -0.25) is 19.4 Å². The lowest BCUT2D eigenvalue weighted by molar-refractivity contribution is -0.120. The minimum absolute atomic E-state index is 0. The topological polar surface area (TPSA) is 84.1 Å². The first-order valence-corrected chi connectivity index (χ1v) is 13.3. The number of aromatic hydroxyl groups is 1. The van der Waals surface area contributed by atoms with E-state index in [1.807, 2.05) is 66.3 Å². The summed E-state index contributed by atoms with van der Waals surface area (Å²) in [6.07, 6.45) is 9.81. The van der Waals surface area contributed by atoms with E-state index in [-0.39, 0.29) is 42.4 Å². The third-order valence-corrected chi connectivity index (χ3v) is 7.38. The summed E-state index contributed by atoms with van der Waals surface area (Å²) in [6.45, 7) is 9.23. The number of aromatic nitrogens is 4. The van der Waals surface area contributed by atoms with E-state index in [4.69, 9.17) is 0 Å². The van der Waals surface area contributed by atoms with Gasteiger partial charge in [0.05, 0.1) is 42.8 Å². The van der Waals surface area contributed by atoms with Crippen molar-refractivity contribution in [3.63, 3.8) is 0 Å². The maximum absolute atomic E-state index is 14.3. The largest absolute Gasteiger partial charge is 0.508 e. The number of nitrogens with zero attached hydrogens (tertiary/aromatic N) is 5. The molecule has 1 N–H and O–H groups in total. The number of fused-ring (bicyclic) bond motifs is 1. The Labute approximate surface area is 248 Å². The third-order valence-electron chi connectivity index (χ3n) is 7.38. The molecule has 4 aromatic rings. The Morgan fingerprint density at radius 3 is 2.60 bits per heavy atom. The monoisotopic (exact) mass is 581 g/mol. The molecule has 1 unspecified atom stereocenters. The zero-order valence-electron chi connectivity index (χ0n) is 23.4. The van der Waals surface area contributed by atoms with Crippen LogP contribution in [-0.4, -0.2) is 30.8 Å². The first kappa shape index (κ1) is 31.1. The van der Waals surface area contributed by atoms with Crippen LogP contribution in [0.15, 0.2) is 61.2 Å². The Hall–Kier alpha value is -3.42. The van der Waals surface area contributed by atoms with Gasteiger partial charge in [-0.05, 0) is 91.6 Å². The van der Waals surface area contributed by atoms with Gasteiger partial charge < -0.3 is 10.0 Å². The highest BCUT2D eigenvalue weighted by atomic mass is 35.5. The maximum Gasteiger partial charge on any atom is 0.234 e. The van der Waals surface area contributed by atoms with Crippen molar-refractivity contribution in [2.24, 2.45) is 0 Å². The van der Waals surface area contributed by atoms with Crippen LogP contribution in [0, 0.1) is 13.8 Å². The molecule has 0 bridgehead atoms. The number of halogens is 2. The van der Waals surface area contributed by atoms with E-state index >= 15 is 0 Å². The average molecular weight is 583 g/mol. The molecule has 1 aliphatic rings. The summed E-state index contributed by atoms with van der Waals surface area (Å²) >= 11 is 0. The molecular formula is C31H37Cl2N5O2. The van der Waals surface area contributed by atoms with Gasteiger partial charge in [-0.2, -0.15) is 5.10 Å².